The van der Waals surface area contributed by atoms with Crippen molar-refractivity contribution in [2.75, 3.05) is 0 Å². The highest BCUT2D eigenvalue weighted by atomic mass is 31.1. The summed E-state index contributed by atoms with van der Waals surface area (Å²) in [5.74, 6) is 0. The van der Waals surface area contributed by atoms with Gasteiger partial charge in [0, 0.05) is 11.1 Å². The van der Waals surface area contributed by atoms with Crippen LogP contribution in [0.4, 0.5) is 0 Å². The van der Waals surface area contributed by atoms with E-state index in [1.165, 1.54) is 45.8 Å². The fourth-order valence-electron chi connectivity index (χ4n) is 2.04. The van der Waals surface area contributed by atoms with Crippen LogP contribution in [0.25, 0.3) is 0 Å². The van der Waals surface area contributed by atoms with Gasteiger partial charge in [0.2, 0.25) is 0 Å². The molecule has 1 nitrogen and oxygen atoms in total. The first-order valence-corrected chi connectivity index (χ1v) is 11.3. The van der Waals surface area contributed by atoms with Gasteiger partial charge < -0.3 is 4.43 Å². The van der Waals surface area contributed by atoms with Crippen LogP contribution in [-0.2, 0) is 4.43 Å². The zero-order valence-corrected chi connectivity index (χ0v) is 14.4. The van der Waals surface area contributed by atoms with Gasteiger partial charge in [0.1, 0.15) is 0 Å². The molecule has 0 N–H and O–H groups in total. The zero-order chi connectivity index (χ0) is 13.1. The quantitative estimate of drug-likeness (QED) is 0.501. The van der Waals surface area contributed by atoms with Gasteiger partial charge in [0.15, 0.2) is 8.32 Å². The highest BCUT2D eigenvalue weighted by molar-refractivity contribution is 7.41. The number of rotatable bonds is 3. The van der Waals surface area contributed by atoms with E-state index in [0.29, 0.717) is 0 Å². The Morgan fingerprint density at radius 2 is 1.59 bits per heavy atom. The normalized spacial score (nSPS) is 20.7. The average Bonchev–Trinajstić information content (AvgIpc) is 2.15. The minimum Gasteiger partial charge on any atom is -0.385 e. The molecule has 100 valence electrons. The van der Waals surface area contributed by atoms with Crippen LogP contribution in [0.1, 0.15) is 52.9 Å². The topological polar surface area (TPSA) is 9.23 Å². The fourth-order valence-corrected chi connectivity index (χ4v) is 5.30. The van der Waals surface area contributed by atoms with Crippen molar-refractivity contribution in [2.24, 2.45) is 5.41 Å². The standard InChI is InChI=1S/C14H29OPSi/c1-14(2,3)13(15-17(4,5)6)16-12-10-8-7-9-11-12/h12H,7-11H2,1-6H3. The SMILES string of the molecule is CC(C)(C)C(O[Si](C)(C)C)=PC1CCCCC1. The fraction of sp³-hybridized carbons (Fsp3) is 0.929. The average molecular weight is 272 g/mol. The molecule has 1 aliphatic rings. The van der Waals surface area contributed by atoms with Crippen LogP contribution in [-0.4, -0.2) is 19.5 Å². The molecule has 0 bridgehead atoms. The predicted molar refractivity (Wildman–Crippen MR) is 82.7 cm³/mol. The summed E-state index contributed by atoms with van der Waals surface area (Å²) in [5, 5.41) is 0. The summed E-state index contributed by atoms with van der Waals surface area (Å²) >= 11 is 0. The lowest BCUT2D eigenvalue weighted by Gasteiger charge is -2.30. The van der Waals surface area contributed by atoms with Crippen molar-refractivity contribution in [3.8, 4) is 0 Å². The first-order chi connectivity index (χ1) is 7.68. The summed E-state index contributed by atoms with van der Waals surface area (Å²) in [6, 6.07) is 0. The molecular weight excluding hydrogens is 243 g/mol. The molecule has 0 atom stereocenters. The lowest BCUT2D eigenvalue weighted by atomic mass is 9.98. The van der Waals surface area contributed by atoms with E-state index in [2.05, 4.69) is 40.4 Å². The van der Waals surface area contributed by atoms with Crippen LogP contribution < -0.4 is 0 Å². The molecule has 1 rings (SSSR count). The minimum absolute atomic E-state index is 0.194. The molecule has 0 aliphatic heterocycles. The van der Waals surface area contributed by atoms with Crippen molar-refractivity contribution in [1.82, 2.24) is 0 Å². The molecule has 0 spiro atoms. The largest absolute Gasteiger partial charge is 0.385 e. The van der Waals surface area contributed by atoms with Gasteiger partial charge in [-0.1, -0.05) is 48.2 Å². The second-order valence-electron chi connectivity index (χ2n) is 7.19. The molecule has 1 aliphatic carbocycles. The van der Waals surface area contributed by atoms with Gasteiger partial charge in [-0.2, -0.15) is 0 Å². The maximum absolute atomic E-state index is 6.35. The first-order valence-electron chi connectivity index (χ1n) is 6.96. The van der Waals surface area contributed by atoms with Crippen LogP contribution in [0.15, 0.2) is 0 Å². The maximum atomic E-state index is 6.35. The van der Waals surface area contributed by atoms with Crippen LogP contribution >= 0.6 is 8.20 Å². The Hall–Kier alpha value is 0.347. The molecule has 0 aromatic rings. The van der Waals surface area contributed by atoms with Crippen molar-refractivity contribution in [3.63, 3.8) is 0 Å². The van der Waals surface area contributed by atoms with Crippen molar-refractivity contribution in [2.45, 2.75) is 78.2 Å². The maximum Gasteiger partial charge on any atom is 0.191 e. The zero-order valence-electron chi connectivity index (χ0n) is 12.5. The molecule has 0 heterocycles. The van der Waals surface area contributed by atoms with Crippen LogP contribution in [0, 0.1) is 5.41 Å². The molecular formula is C14H29OPSi. The van der Waals surface area contributed by atoms with Gasteiger partial charge in [0.05, 0.1) is 5.48 Å². The molecule has 0 radical (unpaired) electrons. The Bertz CT molecular complexity index is 267. The minimum atomic E-state index is -1.46. The van der Waals surface area contributed by atoms with Crippen LogP contribution in [0.3, 0.4) is 0 Å². The van der Waals surface area contributed by atoms with Crippen LogP contribution in [0.2, 0.25) is 19.6 Å². The molecule has 0 amide bonds. The molecule has 1 saturated carbocycles. The third kappa shape index (κ3) is 6.17. The van der Waals surface area contributed by atoms with E-state index in [-0.39, 0.29) is 5.41 Å². The Labute approximate surface area is 110 Å². The smallest absolute Gasteiger partial charge is 0.191 e. The molecule has 0 aromatic heterocycles. The van der Waals surface area contributed by atoms with Crippen molar-refractivity contribution >= 4 is 22.0 Å². The van der Waals surface area contributed by atoms with Crippen LogP contribution in [0.5, 0.6) is 0 Å². The molecule has 1 fully saturated rings. The second kappa shape index (κ2) is 5.99. The number of hydrogen-bond donors (Lipinski definition) is 0. The van der Waals surface area contributed by atoms with E-state index in [9.17, 15) is 0 Å². The summed E-state index contributed by atoms with van der Waals surface area (Å²) in [4.78, 5) is 0. The predicted octanol–water partition coefficient (Wildman–Crippen LogP) is 5.29. The van der Waals surface area contributed by atoms with E-state index < -0.39 is 8.32 Å². The lowest BCUT2D eigenvalue weighted by Crippen LogP contribution is -2.35. The van der Waals surface area contributed by atoms with E-state index in [1.807, 2.05) is 0 Å². The molecule has 3 heteroatoms. The monoisotopic (exact) mass is 272 g/mol. The summed E-state index contributed by atoms with van der Waals surface area (Å²) in [5.41, 5.74) is 2.39. The molecule has 0 saturated heterocycles. The van der Waals surface area contributed by atoms with Gasteiger partial charge in [-0.15, -0.1) is 0 Å². The molecule has 0 unspecified atom stereocenters. The highest BCUT2D eigenvalue weighted by Gasteiger charge is 2.27. The van der Waals surface area contributed by atoms with Gasteiger partial charge in [0.25, 0.3) is 0 Å². The van der Waals surface area contributed by atoms with E-state index >= 15 is 0 Å². The Morgan fingerprint density at radius 1 is 1.06 bits per heavy atom. The Kier molecular flexibility index (Phi) is 5.43. The van der Waals surface area contributed by atoms with Crippen molar-refractivity contribution in [1.29, 1.82) is 0 Å². The Balaban J connectivity index is 2.78. The van der Waals surface area contributed by atoms with E-state index in [4.69, 9.17) is 4.43 Å². The van der Waals surface area contributed by atoms with Gasteiger partial charge >= 0.3 is 0 Å². The summed E-state index contributed by atoms with van der Waals surface area (Å²) in [6.45, 7) is 13.7. The van der Waals surface area contributed by atoms with Crippen molar-refractivity contribution < 1.29 is 4.43 Å². The van der Waals surface area contributed by atoms with Crippen molar-refractivity contribution in [3.05, 3.63) is 0 Å². The second-order valence-corrected chi connectivity index (χ2v) is 13.0. The Morgan fingerprint density at radius 3 is 2.00 bits per heavy atom. The summed E-state index contributed by atoms with van der Waals surface area (Å²) in [7, 11) is 0.0191. The summed E-state index contributed by atoms with van der Waals surface area (Å²) in [6.07, 6.45) is 7.07. The number of hydrogen-bond acceptors (Lipinski definition) is 1. The first kappa shape index (κ1) is 15.4. The third-order valence-corrected chi connectivity index (χ3v) is 5.79. The van der Waals surface area contributed by atoms with Gasteiger partial charge in [-0.25, -0.2) is 0 Å². The molecule has 0 aromatic carbocycles. The lowest BCUT2D eigenvalue weighted by molar-refractivity contribution is 0.445. The summed E-state index contributed by atoms with van der Waals surface area (Å²) < 4.78 is 6.35. The molecule has 17 heavy (non-hydrogen) atoms. The van der Waals surface area contributed by atoms with E-state index in [0.717, 1.165) is 5.66 Å². The third-order valence-electron chi connectivity index (χ3n) is 2.92. The van der Waals surface area contributed by atoms with Gasteiger partial charge in [-0.05, 0) is 32.5 Å². The van der Waals surface area contributed by atoms with Gasteiger partial charge in [-0.3, -0.25) is 0 Å². The highest BCUT2D eigenvalue weighted by Crippen LogP contribution is 2.33. The van der Waals surface area contributed by atoms with E-state index in [1.54, 1.807) is 0 Å².